The molecule has 0 aliphatic rings. The van der Waals surface area contributed by atoms with Gasteiger partial charge >= 0.3 is 0 Å². The lowest BCUT2D eigenvalue weighted by atomic mass is 9.99. The molecule has 0 unspecified atom stereocenters. The SMILES string of the molecule is c1cc(-c2ccc3ccccc3c2)cc(N(c2ccc3c(ccc4ccccc43)c2)c2ccc3c(c2)sc2ccccc23)c1. The number of rotatable bonds is 4. The van der Waals surface area contributed by atoms with Gasteiger partial charge < -0.3 is 4.90 Å². The van der Waals surface area contributed by atoms with Crippen molar-refractivity contribution in [2.75, 3.05) is 4.90 Å². The van der Waals surface area contributed by atoms with E-state index >= 15 is 0 Å². The van der Waals surface area contributed by atoms with Gasteiger partial charge in [0.25, 0.3) is 0 Å². The lowest BCUT2D eigenvalue weighted by molar-refractivity contribution is 1.30. The maximum atomic E-state index is 2.41. The van der Waals surface area contributed by atoms with Crippen LogP contribution < -0.4 is 4.90 Å². The monoisotopic (exact) mass is 577 g/mol. The van der Waals surface area contributed by atoms with E-state index in [1.165, 1.54) is 63.6 Å². The summed E-state index contributed by atoms with van der Waals surface area (Å²) < 4.78 is 2.62. The van der Waals surface area contributed by atoms with E-state index in [1.807, 2.05) is 11.3 Å². The van der Waals surface area contributed by atoms with E-state index in [1.54, 1.807) is 0 Å². The van der Waals surface area contributed by atoms with Crippen molar-refractivity contribution in [1.29, 1.82) is 0 Å². The highest BCUT2D eigenvalue weighted by molar-refractivity contribution is 7.25. The molecule has 8 aromatic carbocycles. The number of anilines is 3. The van der Waals surface area contributed by atoms with Crippen molar-refractivity contribution in [2.45, 2.75) is 0 Å². The summed E-state index contributed by atoms with van der Waals surface area (Å²) in [5.41, 5.74) is 5.85. The quantitative estimate of drug-likeness (QED) is 0.188. The van der Waals surface area contributed by atoms with Crippen LogP contribution in [-0.4, -0.2) is 0 Å². The van der Waals surface area contributed by atoms with E-state index in [-0.39, 0.29) is 0 Å². The maximum Gasteiger partial charge on any atom is 0.0476 e. The van der Waals surface area contributed by atoms with Crippen LogP contribution in [0.1, 0.15) is 0 Å². The van der Waals surface area contributed by atoms with Crippen LogP contribution in [-0.2, 0) is 0 Å². The van der Waals surface area contributed by atoms with Crippen LogP contribution in [0.25, 0.3) is 63.6 Å². The average molecular weight is 578 g/mol. The van der Waals surface area contributed by atoms with Crippen molar-refractivity contribution in [3.8, 4) is 11.1 Å². The van der Waals surface area contributed by atoms with Crippen molar-refractivity contribution in [3.63, 3.8) is 0 Å². The Balaban J connectivity index is 1.24. The summed E-state index contributed by atoms with van der Waals surface area (Å²) >= 11 is 1.86. The van der Waals surface area contributed by atoms with Crippen molar-refractivity contribution in [3.05, 3.63) is 164 Å². The molecule has 0 atom stereocenters. The van der Waals surface area contributed by atoms with Crippen molar-refractivity contribution in [2.24, 2.45) is 0 Å². The molecule has 0 saturated carbocycles. The highest BCUT2D eigenvalue weighted by atomic mass is 32.1. The molecular formula is C42H27NS. The first-order valence-corrected chi connectivity index (χ1v) is 15.8. The molecule has 0 radical (unpaired) electrons. The van der Waals surface area contributed by atoms with Crippen LogP contribution >= 0.6 is 11.3 Å². The van der Waals surface area contributed by atoms with Gasteiger partial charge in [0, 0.05) is 37.2 Å². The molecule has 9 rings (SSSR count). The molecule has 0 saturated heterocycles. The van der Waals surface area contributed by atoms with Crippen LogP contribution in [0.2, 0.25) is 0 Å². The minimum absolute atomic E-state index is 1.14. The van der Waals surface area contributed by atoms with Gasteiger partial charge in [-0.1, -0.05) is 115 Å². The molecule has 0 bridgehead atoms. The van der Waals surface area contributed by atoms with Crippen LogP contribution in [0.5, 0.6) is 0 Å². The standard InChI is InChI=1S/C42H27NS/c1-2-10-30-24-32(18-16-28(30)8-1)31-11-7-12-34(25-31)43(36-21-23-40-39-14-5-6-15-41(39)44-42(40)27-36)35-20-22-38-33(26-35)19-17-29-9-3-4-13-37(29)38/h1-27H. The Morgan fingerprint density at radius 1 is 0.318 bits per heavy atom. The molecular weight excluding hydrogens is 551 g/mol. The number of nitrogens with zero attached hydrogens (tertiary/aromatic N) is 1. The topological polar surface area (TPSA) is 3.24 Å². The first-order chi connectivity index (χ1) is 21.8. The Bertz CT molecular complexity index is 2520. The lowest BCUT2D eigenvalue weighted by Crippen LogP contribution is -2.10. The fourth-order valence-corrected chi connectivity index (χ4v) is 7.77. The summed E-state index contributed by atoms with van der Waals surface area (Å²) in [7, 11) is 0. The fraction of sp³-hybridized carbons (Fsp3) is 0. The van der Waals surface area contributed by atoms with E-state index < -0.39 is 0 Å². The highest BCUT2D eigenvalue weighted by Gasteiger charge is 2.16. The van der Waals surface area contributed by atoms with Gasteiger partial charge in [0.05, 0.1) is 0 Å². The zero-order valence-electron chi connectivity index (χ0n) is 23.9. The second kappa shape index (κ2) is 10.1. The summed E-state index contributed by atoms with van der Waals surface area (Å²) in [5.74, 6) is 0. The van der Waals surface area contributed by atoms with Gasteiger partial charge in [0.15, 0.2) is 0 Å². The summed E-state index contributed by atoms with van der Waals surface area (Å²) in [5, 5.41) is 10.2. The fourth-order valence-electron chi connectivity index (χ4n) is 6.63. The van der Waals surface area contributed by atoms with Crippen molar-refractivity contribution < 1.29 is 0 Å². The Kier molecular flexibility index (Phi) is 5.75. The molecule has 0 N–H and O–H groups in total. The summed E-state index contributed by atoms with van der Waals surface area (Å²) in [6.45, 7) is 0. The molecule has 0 amide bonds. The zero-order chi connectivity index (χ0) is 29.0. The second-order valence-electron chi connectivity index (χ2n) is 11.4. The average Bonchev–Trinajstić information content (AvgIpc) is 3.46. The molecule has 2 heteroatoms. The predicted octanol–water partition coefficient (Wildman–Crippen LogP) is 12.7. The molecule has 0 spiro atoms. The van der Waals surface area contributed by atoms with Crippen LogP contribution in [0.3, 0.4) is 0 Å². The Hall–Kier alpha value is -5.44. The minimum atomic E-state index is 1.14. The Morgan fingerprint density at radius 3 is 1.84 bits per heavy atom. The maximum absolute atomic E-state index is 2.41. The van der Waals surface area contributed by atoms with Gasteiger partial charge in [0.1, 0.15) is 0 Å². The predicted molar refractivity (Wildman–Crippen MR) is 192 cm³/mol. The van der Waals surface area contributed by atoms with Gasteiger partial charge in [-0.2, -0.15) is 0 Å². The number of thiophene rings is 1. The van der Waals surface area contributed by atoms with E-state index in [0.29, 0.717) is 0 Å². The normalized spacial score (nSPS) is 11.6. The lowest BCUT2D eigenvalue weighted by Gasteiger charge is -2.26. The summed E-state index contributed by atoms with van der Waals surface area (Å²) in [6, 6.07) is 59.9. The van der Waals surface area contributed by atoms with Gasteiger partial charge in [-0.25, -0.2) is 0 Å². The Morgan fingerprint density at radius 2 is 0.932 bits per heavy atom. The van der Waals surface area contributed by atoms with Crippen LogP contribution in [0, 0.1) is 0 Å². The third kappa shape index (κ3) is 4.15. The van der Waals surface area contributed by atoms with Gasteiger partial charge in [-0.15, -0.1) is 11.3 Å². The second-order valence-corrected chi connectivity index (χ2v) is 12.5. The Labute approximate surface area is 259 Å². The summed E-state index contributed by atoms with van der Waals surface area (Å²) in [6.07, 6.45) is 0. The smallest absolute Gasteiger partial charge is 0.0476 e. The highest BCUT2D eigenvalue weighted by Crippen LogP contribution is 2.42. The van der Waals surface area contributed by atoms with E-state index in [2.05, 4.69) is 169 Å². The van der Waals surface area contributed by atoms with Gasteiger partial charge in [-0.3, -0.25) is 0 Å². The molecule has 1 aromatic heterocycles. The number of hydrogen-bond donors (Lipinski definition) is 0. The number of hydrogen-bond acceptors (Lipinski definition) is 2. The van der Waals surface area contributed by atoms with E-state index in [9.17, 15) is 0 Å². The van der Waals surface area contributed by atoms with Crippen molar-refractivity contribution >= 4 is 80.9 Å². The largest absolute Gasteiger partial charge is 0.310 e. The molecule has 0 fully saturated rings. The molecule has 0 aliphatic carbocycles. The minimum Gasteiger partial charge on any atom is -0.310 e. The molecule has 44 heavy (non-hydrogen) atoms. The van der Waals surface area contributed by atoms with E-state index in [4.69, 9.17) is 0 Å². The van der Waals surface area contributed by atoms with Gasteiger partial charge in [0.2, 0.25) is 0 Å². The first kappa shape index (κ1) is 25.1. The molecule has 1 heterocycles. The molecule has 206 valence electrons. The third-order valence-electron chi connectivity index (χ3n) is 8.79. The first-order valence-electron chi connectivity index (χ1n) is 15.0. The van der Waals surface area contributed by atoms with Gasteiger partial charge in [-0.05, 0) is 92.0 Å². The zero-order valence-corrected chi connectivity index (χ0v) is 24.8. The molecule has 0 aliphatic heterocycles. The van der Waals surface area contributed by atoms with E-state index in [0.717, 1.165) is 17.1 Å². The van der Waals surface area contributed by atoms with Crippen molar-refractivity contribution in [1.82, 2.24) is 0 Å². The summed E-state index contributed by atoms with van der Waals surface area (Å²) in [4.78, 5) is 2.41. The number of benzene rings is 8. The number of fused-ring (bicyclic) bond motifs is 7. The third-order valence-corrected chi connectivity index (χ3v) is 9.93. The molecule has 9 aromatic rings. The molecule has 1 nitrogen and oxygen atoms in total. The van der Waals surface area contributed by atoms with Crippen LogP contribution in [0.4, 0.5) is 17.1 Å². The van der Waals surface area contributed by atoms with Crippen LogP contribution in [0.15, 0.2) is 164 Å².